The molecule has 5 fully saturated rings. The Hall–Kier alpha value is -2.08. The van der Waals surface area contributed by atoms with Crippen LogP contribution in [0, 0.1) is 35.3 Å². The first-order valence-electron chi connectivity index (χ1n) is 11.2. The van der Waals surface area contributed by atoms with Crippen molar-refractivity contribution >= 4 is 5.57 Å². The minimum atomic E-state index is -0.758. The van der Waals surface area contributed by atoms with Crippen LogP contribution in [0.5, 0.6) is 0 Å². The van der Waals surface area contributed by atoms with E-state index in [0.717, 1.165) is 48.6 Å². The summed E-state index contributed by atoms with van der Waals surface area (Å²) < 4.78 is 33.9. The Bertz CT molecular complexity index is 957. The molecule has 0 aromatic heterocycles. The molecule has 0 N–H and O–H groups in total. The third-order valence-corrected chi connectivity index (χ3v) is 7.90. The molecule has 0 unspecified atom stereocenters. The fraction of sp³-hybridized carbons (Fsp3) is 0.462. The molecule has 5 aliphatic rings. The van der Waals surface area contributed by atoms with Gasteiger partial charge in [0.2, 0.25) is 5.79 Å². The van der Waals surface area contributed by atoms with Crippen molar-refractivity contribution in [3.63, 3.8) is 0 Å². The summed E-state index contributed by atoms with van der Waals surface area (Å²) in [6.45, 7) is 4.21. The SMILES string of the molecule is C=C(c1ccc(F)cc1)[C@H]1OOC2(O[C@@H]1c1ccc(F)cc1)C1CC3CC(C1)CC2C3. The van der Waals surface area contributed by atoms with E-state index in [1.807, 2.05) is 0 Å². The Balaban J connectivity index is 1.36. The highest BCUT2D eigenvalue weighted by atomic mass is 19.1. The molecule has 2 aromatic carbocycles. The van der Waals surface area contributed by atoms with Gasteiger partial charge in [0.05, 0.1) is 0 Å². The number of hydrogen-bond acceptors (Lipinski definition) is 3. The van der Waals surface area contributed by atoms with Crippen molar-refractivity contribution in [2.45, 2.75) is 50.1 Å². The molecule has 0 radical (unpaired) electrons. The summed E-state index contributed by atoms with van der Waals surface area (Å²) in [5.74, 6) is 0.782. The van der Waals surface area contributed by atoms with Crippen LogP contribution in [0.25, 0.3) is 5.57 Å². The van der Waals surface area contributed by atoms with Crippen molar-refractivity contribution in [3.05, 3.63) is 77.9 Å². The Morgan fingerprint density at radius 1 is 0.806 bits per heavy atom. The molecule has 1 saturated heterocycles. The van der Waals surface area contributed by atoms with Crippen LogP contribution in [0.2, 0.25) is 0 Å². The summed E-state index contributed by atoms with van der Waals surface area (Å²) in [5, 5.41) is 0. The summed E-state index contributed by atoms with van der Waals surface area (Å²) in [5.41, 5.74) is 2.23. The molecule has 7 rings (SSSR count). The number of hydrogen-bond donors (Lipinski definition) is 0. The summed E-state index contributed by atoms with van der Waals surface area (Å²) in [6, 6.07) is 12.5. The molecular formula is C26H26F2O3. The molecule has 1 spiro atoms. The Morgan fingerprint density at radius 3 is 1.94 bits per heavy atom. The topological polar surface area (TPSA) is 27.7 Å². The fourth-order valence-electron chi connectivity index (χ4n) is 6.59. The van der Waals surface area contributed by atoms with Crippen molar-refractivity contribution in [1.29, 1.82) is 0 Å². The fourth-order valence-corrected chi connectivity index (χ4v) is 6.59. The largest absolute Gasteiger partial charge is 0.335 e. The number of ether oxygens (including phenoxy) is 1. The zero-order valence-electron chi connectivity index (χ0n) is 17.3. The lowest BCUT2D eigenvalue weighted by atomic mass is 9.53. The van der Waals surface area contributed by atoms with Gasteiger partial charge in [-0.05, 0) is 84.9 Å². The van der Waals surface area contributed by atoms with Crippen LogP contribution in [0.15, 0.2) is 55.1 Å². The summed E-state index contributed by atoms with van der Waals surface area (Å²) in [6.07, 6.45) is 4.66. The lowest BCUT2D eigenvalue weighted by Gasteiger charge is -2.61. The van der Waals surface area contributed by atoms with E-state index in [-0.39, 0.29) is 11.6 Å². The average Bonchev–Trinajstić information content (AvgIpc) is 2.77. The van der Waals surface area contributed by atoms with Crippen LogP contribution in [0.4, 0.5) is 8.78 Å². The van der Waals surface area contributed by atoms with Crippen molar-refractivity contribution in [1.82, 2.24) is 0 Å². The van der Waals surface area contributed by atoms with E-state index in [4.69, 9.17) is 14.5 Å². The van der Waals surface area contributed by atoms with Gasteiger partial charge in [-0.25, -0.2) is 13.7 Å². The average molecular weight is 424 g/mol. The summed E-state index contributed by atoms with van der Waals surface area (Å²) in [7, 11) is 0. The smallest absolute Gasteiger partial charge is 0.208 e. The van der Waals surface area contributed by atoms with E-state index in [9.17, 15) is 8.78 Å². The predicted molar refractivity (Wildman–Crippen MR) is 111 cm³/mol. The van der Waals surface area contributed by atoms with E-state index in [1.54, 1.807) is 24.3 Å². The Morgan fingerprint density at radius 2 is 1.35 bits per heavy atom. The van der Waals surface area contributed by atoms with E-state index >= 15 is 0 Å². The molecule has 162 valence electrons. The van der Waals surface area contributed by atoms with E-state index in [2.05, 4.69) is 6.58 Å². The molecular weight excluding hydrogens is 398 g/mol. The third-order valence-electron chi connectivity index (χ3n) is 7.90. The van der Waals surface area contributed by atoms with Crippen molar-refractivity contribution in [3.8, 4) is 0 Å². The zero-order valence-corrected chi connectivity index (χ0v) is 17.3. The maximum Gasteiger partial charge on any atom is 0.208 e. The first kappa shape index (κ1) is 19.6. The van der Waals surface area contributed by atoms with Gasteiger partial charge >= 0.3 is 0 Å². The van der Waals surface area contributed by atoms with E-state index < -0.39 is 18.0 Å². The quantitative estimate of drug-likeness (QED) is 0.548. The first-order chi connectivity index (χ1) is 15.0. The van der Waals surface area contributed by atoms with Crippen LogP contribution < -0.4 is 0 Å². The summed E-state index contributed by atoms with van der Waals surface area (Å²) in [4.78, 5) is 12.3. The molecule has 2 atom stereocenters. The molecule has 1 heterocycles. The molecule has 2 aromatic rings. The van der Waals surface area contributed by atoms with Gasteiger partial charge in [0.25, 0.3) is 0 Å². The molecule has 0 amide bonds. The van der Waals surface area contributed by atoms with Gasteiger partial charge in [0, 0.05) is 11.8 Å². The zero-order chi connectivity index (χ0) is 21.2. The molecule has 5 heteroatoms. The highest BCUT2D eigenvalue weighted by Gasteiger charge is 2.63. The van der Waals surface area contributed by atoms with Crippen molar-refractivity contribution in [2.75, 3.05) is 0 Å². The Kier molecular flexibility index (Phi) is 4.57. The molecule has 4 aliphatic carbocycles. The highest BCUT2D eigenvalue weighted by Crippen LogP contribution is 2.62. The molecule has 1 aliphatic heterocycles. The van der Waals surface area contributed by atoms with Crippen LogP contribution in [-0.2, 0) is 14.5 Å². The van der Waals surface area contributed by atoms with Gasteiger partial charge in [-0.2, -0.15) is 4.89 Å². The molecule has 4 bridgehead atoms. The number of benzene rings is 2. The minimum absolute atomic E-state index is 0.296. The lowest BCUT2D eigenvalue weighted by Crippen LogP contribution is -2.63. The molecule has 31 heavy (non-hydrogen) atoms. The third kappa shape index (κ3) is 3.17. The van der Waals surface area contributed by atoms with Crippen molar-refractivity contribution < 1.29 is 23.3 Å². The highest BCUT2D eigenvalue weighted by molar-refractivity contribution is 5.67. The minimum Gasteiger partial charge on any atom is -0.335 e. The van der Waals surface area contributed by atoms with Crippen LogP contribution in [0.1, 0.15) is 49.3 Å². The first-order valence-corrected chi connectivity index (χ1v) is 11.2. The van der Waals surface area contributed by atoms with Gasteiger partial charge in [0.15, 0.2) is 0 Å². The van der Waals surface area contributed by atoms with Crippen LogP contribution in [-0.4, -0.2) is 11.9 Å². The maximum atomic E-state index is 13.6. The molecule has 4 saturated carbocycles. The molecule has 3 nitrogen and oxygen atoms in total. The van der Waals surface area contributed by atoms with Crippen LogP contribution in [0.3, 0.4) is 0 Å². The maximum absolute atomic E-state index is 13.6. The second-order valence-electron chi connectivity index (χ2n) is 9.75. The van der Waals surface area contributed by atoms with Gasteiger partial charge in [0.1, 0.15) is 23.8 Å². The van der Waals surface area contributed by atoms with Gasteiger partial charge < -0.3 is 4.74 Å². The van der Waals surface area contributed by atoms with Gasteiger partial charge in [-0.15, -0.1) is 0 Å². The monoisotopic (exact) mass is 424 g/mol. The predicted octanol–water partition coefficient (Wildman–Crippen LogP) is 6.22. The standard InChI is InChI=1S/C26H26F2O3/c1-15(18-2-6-22(27)7-3-18)24-25(19-4-8-23(28)9-5-19)29-26(31-30-24)20-11-16-10-17(13-20)14-21(26)12-16/h2-9,16-17,20-21,24-25H,1,10-14H2/t16?,17?,20?,21?,24-,25-,26?/m1/s1. The van der Waals surface area contributed by atoms with E-state index in [0.29, 0.717) is 17.4 Å². The Labute approximate surface area is 180 Å². The second kappa shape index (κ2) is 7.22. The van der Waals surface area contributed by atoms with E-state index in [1.165, 1.54) is 30.7 Å². The lowest BCUT2D eigenvalue weighted by molar-refractivity contribution is -0.533. The number of rotatable bonds is 3. The van der Waals surface area contributed by atoms with Crippen molar-refractivity contribution in [2.24, 2.45) is 23.7 Å². The summed E-state index contributed by atoms with van der Waals surface area (Å²) >= 11 is 0. The van der Waals surface area contributed by atoms with Crippen LogP contribution >= 0.6 is 0 Å². The second-order valence-corrected chi connectivity index (χ2v) is 9.75. The van der Waals surface area contributed by atoms with Gasteiger partial charge in [-0.1, -0.05) is 30.8 Å². The number of halogens is 2. The van der Waals surface area contributed by atoms with Gasteiger partial charge in [-0.3, -0.25) is 0 Å². The normalized spacial score (nSPS) is 38.5.